The molecule has 0 aromatic heterocycles. The standard InChI is InChI=1S/C16H24N4O2/c17-20-11-14-10-18-7-6-13(14)8-15(16(21)22)19-9-12-4-2-1-3-5-12/h1-5,11,13-15,18-19H,6-10,17H2,(H,21,22). The number of nitrogens with one attached hydrogen (secondary N) is 2. The average Bonchev–Trinajstić information content (AvgIpc) is 2.54. The Morgan fingerprint density at radius 1 is 1.50 bits per heavy atom. The van der Waals surface area contributed by atoms with Gasteiger partial charge in [-0.2, -0.15) is 5.10 Å². The minimum atomic E-state index is -0.807. The summed E-state index contributed by atoms with van der Waals surface area (Å²) in [6, 6.07) is 9.27. The molecule has 1 fully saturated rings. The number of carbonyl (C=O) groups is 1. The van der Waals surface area contributed by atoms with Gasteiger partial charge in [-0.25, -0.2) is 0 Å². The summed E-state index contributed by atoms with van der Waals surface area (Å²) in [6.07, 6.45) is 3.25. The number of aliphatic carboxylic acids is 1. The minimum Gasteiger partial charge on any atom is -0.480 e. The van der Waals surface area contributed by atoms with Crippen molar-refractivity contribution < 1.29 is 9.90 Å². The highest BCUT2D eigenvalue weighted by molar-refractivity contribution is 5.73. The first-order valence-electron chi connectivity index (χ1n) is 7.65. The van der Waals surface area contributed by atoms with Crippen LogP contribution in [-0.4, -0.2) is 36.4 Å². The predicted octanol–water partition coefficient (Wildman–Crippen LogP) is 0.790. The van der Waals surface area contributed by atoms with Crippen molar-refractivity contribution in [3.8, 4) is 0 Å². The van der Waals surface area contributed by atoms with Gasteiger partial charge >= 0.3 is 5.97 Å². The number of rotatable bonds is 7. The molecule has 0 aliphatic carbocycles. The van der Waals surface area contributed by atoms with E-state index in [-0.39, 0.29) is 11.8 Å². The molecule has 0 bridgehead atoms. The van der Waals surface area contributed by atoms with Crippen LogP contribution in [0.4, 0.5) is 0 Å². The largest absolute Gasteiger partial charge is 0.480 e. The van der Waals surface area contributed by atoms with Gasteiger partial charge in [0.15, 0.2) is 0 Å². The van der Waals surface area contributed by atoms with Gasteiger partial charge in [-0.05, 0) is 30.9 Å². The molecule has 5 N–H and O–H groups in total. The first kappa shape index (κ1) is 16.5. The van der Waals surface area contributed by atoms with Crippen molar-refractivity contribution >= 4 is 12.2 Å². The Balaban J connectivity index is 1.94. The molecule has 1 heterocycles. The molecule has 22 heavy (non-hydrogen) atoms. The van der Waals surface area contributed by atoms with E-state index in [4.69, 9.17) is 5.84 Å². The van der Waals surface area contributed by atoms with Crippen LogP contribution in [0.1, 0.15) is 18.4 Å². The van der Waals surface area contributed by atoms with Crippen molar-refractivity contribution in [1.29, 1.82) is 0 Å². The van der Waals surface area contributed by atoms with Crippen molar-refractivity contribution in [2.24, 2.45) is 22.8 Å². The number of hydrogen-bond donors (Lipinski definition) is 4. The number of nitrogens with two attached hydrogens (primary N) is 1. The van der Waals surface area contributed by atoms with Gasteiger partial charge in [0.25, 0.3) is 0 Å². The van der Waals surface area contributed by atoms with Crippen LogP contribution in [0.5, 0.6) is 0 Å². The zero-order valence-corrected chi connectivity index (χ0v) is 12.6. The highest BCUT2D eigenvalue weighted by atomic mass is 16.4. The third kappa shape index (κ3) is 4.82. The number of nitrogens with zero attached hydrogens (tertiary/aromatic N) is 1. The lowest BCUT2D eigenvalue weighted by Crippen LogP contribution is -2.44. The molecule has 1 saturated heterocycles. The van der Waals surface area contributed by atoms with Gasteiger partial charge < -0.3 is 21.6 Å². The van der Waals surface area contributed by atoms with E-state index in [9.17, 15) is 9.90 Å². The Morgan fingerprint density at radius 3 is 2.95 bits per heavy atom. The lowest BCUT2D eigenvalue weighted by molar-refractivity contribution is -0.140. The summed E-state index contributed by atoms with van der Waals surface area (Å²) in [7, 11) is 0. The fourth-order valence-electron chi connectivity index (χ4n) is 2.93. The fraction of sp³-hybridized carbons (Fsp3) is 0.500. The lowest BCUT2D eigenvalue weighted by Gasteiger charge is -2.31. The molecular formula is C16H24N4O2. The predicted molar refractivity (Wildman–Crippen MR) is 86.5 cm³/mol. The molecule has 1 aliphatic rings. The maximum Gasteiger partial charge on any atom is 0.320 e. The Bertz CT molecular complexity index is 492. The smallest absolute Gasteiger partial charge is 0.320 e. The number of hydrogen-bond acceptors (Lipinski definition) is 5. The van der Waals surface area contributed by atoms with Crippen LogP contribution in [0.3, 0.4) is 0 Å². The zero-order chi connectivity index (χ0) is 15.8. The molecule has 6 nitrogen and oxygen atoms in total. The van der Waals surface area contributed by atoms with Crippen LogP contribution >= 0.6 is 0 Å². The number of piperidine rings is 1. The summed E-state index contributed by atoms with van der Waals surface area (Å²) >= 11 is 0. The van der Waals surface area contributed by atoms with E-state index in [1.54, 1.807) is 6.21 Å². The summed E-state index contributed by atoms with van der Waals surface area (Å²) < 4.78 is 0. The highest BCUT2D eigenvalue weighted by Crippen LogP contribution is 2.23. The maximum atomic E-state index is 11.5. The summed E-state index contributed by atoms with van der Waals surface area (Å²) in [5.74, 6) is 4.92. The van der Waals surface area contributed by atoms with Crippen LogP contribution in [0.15, 0.2) is 35.4 Å². The quantitative estimate of drug-likeness (QED) is 0.339. The number of carboxylic acids is 1. The second-order valence-corrected chi connectivity index (χ2v) is 5.71. The first-order valence-corrected chi connectivity index (χ1v) is 7.65. The maximum absolute atomic E-state index is 11.5. The van der Waals surface area contributed by atoms with E-state index < -0.39 is 12.0 Å². The SMILES string of the molecule is NN=CC1CNCCC1CC(NCc1ccccc1)C(=O)O. The Kier molecular flexibility index (Phi) is 6.36. The monoisotopic (exact) mass is 304 g/mol. The molecule has 2 rings (SSSR count). The van der Waals surface area contributed by atoms with Gasteiger partial charge in [-0.15, -0.1) is 0 Å². The molecule has 1 aromatic carbocycles. The van der Waals surface area contributed by atoms with Crippen molar-refractivity contribution in [3.63, 3.8) is 0 Å². The van der Waals surface area contributed by atoms with E-state index in [1.165, 1.54) is 0 Å². The van der Waals surface area contributed by atoms with Crippen molar-refractivity contribution in [3.05, 3.63) is 35.9 Å². The Labute approximate surface area is 130 Å². The van der Waals surface area contributed by atoms with Gasteiger partial charge in [0.05, 0.1) is 0 Å². The van der Waals surface area contributed by atoms with Crippen LogP contribution in [0.2, 0.25) is 0 Å². The van der Waals surface area contributed by atoms with Gasteiger partial charge in [0, 0.05) is 25.2 Å². The normalized spacial score (nSPS) is 23.5. The van der Waals surface area contributed by atoms with Crippen LogP contribution < -0.4 is 16.5 Å². The molecule has 1 aliphatic heterocycles. The molecule has 120 valence electrons. The van der Waals surface area contributed by atoms with Gasteiger partial charge in [-0.3, -0.25) is 4.79 Å². The molecule has 0 amide bonds. The molecule has 3 unspecified atom stereocenters. The fourth-order valence-corrected chi connectivity index (χ4v) is 2.93. The zero-order valence-electron chi connectivity index (χ0n) is 12.6. The first-order chi connectivity index (χ1) is 10.7. The Hall–Kier alpha value is -1.92. The minimum absolute atomic E-state index is 0.194. The molecule has 0 radical (unpaired) electrons. The molecule has 1 aromatic rings. The molecular weight excluding hydrogens is 280 g/mol. The van der Waals surface area contributed by atoms with Crippen LogP contribution in [0, 0.1) is 11.8 Å². The highest BCUT2D eigenvalue weighted by Gasteiger charge is 2.29. The third-order valence-corrected chi connectivity index (χ3v) is 4.19. The number of benzene rings is 1. The average molecular weight is 304 g/mol. The van der Waals surface area contributed by atoms with E-state index >= 15 is 0 Å². The third-order valence-electron chi connectivity index (χ3n) is 4.19. The number of hydrazone groups is 1. The van der Waals surface area contributed by atoms with E-state index in [1.807, 2.05) is 30.3 Å². The number of carboxylic acid groups (broad SMARTS) is 1. The summed E-state index contributed by atoms with van der Waals surface area (Å²) in [6.45, 7) is 2.26. The molecule has 3 atom stereocenters. The van der Waals surface area contributed by atoms with Crippen LogP contribution in [0.25, 0.3) is 0 Å². The second-order valence-electron chi connectivity index (χ2n) is 5.71. The van der Waals surface area contributed by atoms with Gasteiger partial charge in [-0.1, -0.05) is 30.3 Å². The van der Waals surface area contributed by atoms with Crippen molar-refractivity contribution in [1.82, 2.24) is 10.6 Å². The molecule has 0 spiro atoms. The van der Waals surface area contributed by atoms with E-state index in [2.05, 4.69) is 15.7 Å². The van der Waals surface area contributed by atoms with E-state index in [0.717, 1.165) is 25.1 Å². The van der Waals surface area contributed by atoms with E-state index in [0.29, 0.717) is 13.0 Å². The van der Waals surface area contributed by atoms with Gasteiger partial charge in [0.1, 0.15) is 6.04 Å². The Morgan fingerprint density at radius 2 is 2.27 bits per heavy atom. The van der Waals surface area contributed by atoms with Crippen molar-refractivity contribution in [2.75, 3.05) is 13.1 Å². The second kappa shape index (κ2) is 8.51. The summed E-state index contributed by atoms with van der Waals surface area (Å²) in [4.78, 5) is 11.5. The summed E-state index contributed by atoms with van der Waals surface area (Å²) in [5, 5.41) is 19.5. The van der Waals surface area contributed by atoms with Crippen LogP contribution in [-0.2, 0) is 11.3 Å². The topological polar surface area (TPSA) is 99.7 Å². The molecule has 6 heteroatoms. The van der Waals surface area contributed by atoms with Gasteiger partial charge in [0.2, 0.25) is 0 Å². The lowest BCUT2D eigenvalue weighted by atomic mass is 9.82. The summed E-state index contributed by atoms with van der Waals surface area (Å²) in [5.41, 5.74) is 1.08. The molecule has 0 saturated carbocycles. The van der Waals surface area contributed by atoms with Crippen molar-refractivity contribution in [2.45, 2.75) is 25.4 Å².